The van der Waals surface area contributed by atoms with Gasteiger partial charge in [-0.25, -0.2) is 4.39 Å². The summed E-state index contributed by atoms with van der Waals surface area (Å²) >= 11 is 0. The van der Waals surface area contributed by atoms with E-state index in [1.54, 1.807) is 36.4 Å². The molecule has 1 aromatic carbocycles. The molecule has 0 unspecified atom stereocenters. The van der Waals surface area contributed by atoms with Crippen molar-refractivity contribution in [2.24, 2.45) is 0 Å². The molecule has 1 saturated heterocycles. The zero-order valence-electron chi connectivity index (χ0n) is 12.5. The van der Waals surface area contributed by atoms with Crippen LogP contribution in [0.4, 0.5) is 10.1 Å². The first kappa shape index (κ1) is 14.5. The van der Waals surface area contributed by atoms with Gasteiger partial charge in [0.1, 0.15) is 5.82 Å². The Morgan fingerprint density at radius 1 is 1.09 bits per heavy atom. The van der Waals surface area contributed by atoms with Gasteiger partial charge in [-0.1, -0.05) is 6.07 Å². The first-order valence-corrected chi connectivity index (χ1v) is 7.35. The van der Waals surface area contributed by atoms with E-state index >= 15 is 0 Å². The summed E-state index contributed by atoms with van der Waals surface area (Å²) in [5, 5.41) is 0. The van der Waals surface area contributed by atoms with Crippen molar-refractivity contribution in [3.8, 4) is 0 Å². The van der Waals surface area contributed by atoms with Crippen molar-refractivity contribution in [1.82, 2.24) is 9.88 Å². The van der Waals surface area contributed by atoms with Gasteiger partial charge in [-0.15, -0.1) is 0 Å². The van der Waals surface area contributed by atoms with Crippen LogP contribution in [0, 0.1) is 12.7 Å². The van der Waals surface area contributed by atoms with Crippen LogP contribution in [0.1, 0.15) is 15.9 Å². The zero-order chi connectivity index (χ0) is 15.5. The Kier molecular flexibility index (Phi) is 4.04. The number of nitrogens with zero attached hydrogens (tertiary/aromatic N) is 3. The molecular formula is C17H18FN3O. The van der Waals surface area contributed by atoms with E-state index in [1.165, 1.54) is 6.07 Å². The Balaban J connectivity index is 1.66. The minimum atomic E-state index is -0.332. The number of halogens is 1. The van der Waals surface area contributed by atoms with E-state index in [2.05, 4.69) is 9.88 Å². The van der Waals surface area contributed by atoms with E-state index in [-0.39, 0.29) is 11.7 Å². The van der Waals surface area contributed by atoms with Gasteiger partial charge in [0.15, 0.2) is 0 Å². The lowest BCUT2D eigenvalue weighted by Gasteiger charge is -2.36. The average molecular weight is 299 g/mol. The molecule has 0 aliphatic carbocycles. The predicted octanol–water partition coefficient (Wildman–Crippen LogP) is 2.49. The number of aromatic nitrogens is 1. The second kappa shape index (κ2) is 6.13. The lowest BCUT2D eigenvalue weighted by molar-refractivity contribution is 0.0746. The molecule has 1 aromatic heterocycles. The number of pyridine rings is 1. The van der Waals surface area contributed by atoms with Gasteiger partial charge >= 0.3 is 0 Å². The molecule has 2 aromatic rings. The molecule has 0 spiro atoms. The highest BCUT2D eigenvalue weighted by atomic mass is 19.1. The molecule has 0 N–H and O–H groups in total. The number of aryl methyl sites for hydroxylation is 1. The third kappa shape index (κ3) is 2.93. The molecule has 1 amide bonds. The van der Waals surface area contributed by atoms with Crippen LogP contribution in [0.3, 0.4) is 0 Å². The van der Waals surface area contributed by atoms with E-state index in [0.29, 0.717) is 24.2 Å². The van der Waals surface area contributed by atoms with E-state index in [9.17, 15) is 9.18 Å². The second-order valence-corrected chi connectivity index (χ2v) is 5.45. The Hall–Kier alpha value is -2.43. The number of benzene rings is 1. The van der Waals surface area contributed by atoms with Gasteiger partial charge in [-0.05, 0) is 36.8 Å². The number of anilines is 1. The van der Waals surface area contributed by atoms with Crippen LogP contribution < -0.4 is 4.90 Å². The summed E-state index contributed by atoms with van der Waals surface area (Å²) in [7, 11) is 0. The summed E-state index contributed by atoms with van der Waals surface area (Å²) in [6.07, 6.45) is 3.53. The number of carbonyl (C=O) groups excluding carboxylic acids is 1. The van der Waals surface area contributed by atoms with Crippen LogP contribution in [0.5, 0.6) is 0 Å². The lowest BCUT2D eigenvalue weighted by Crippen LogP contribution is -2.48. The fourth-order valence-electron chi connectivity index (χ4n) is 2.63. The smallest absolute Gasteiger partial charge is 0.254 e. The highest BCUT2D eigenvalue weighted by Gasteiger charge is 2.22. The predicted molar refractivity (Wildman–Crippen MR) is 83.5 cm³/mol. The number of amides is 1. The molecule has 0 radical (unpaired) electrons. The number of hydrogen-bond donors (Lipinski definition) is 0. The van der Waals surface area contributed by atoms with Crippen molar-refractivity contribution in [2.45, 2.75) is 6.92 Å². The molecule has 1 aliphatic rings. The van der Waals surface area contributed by atoms with Crippen molar-refractivity contribution in [1.29, 1.82) is 0 Å². The van der Waals surface area contributed by atoms with Gasteiger partial charge in [0.2, 0.25) is 0 Å². The Morgan fingerprint density at radius 2 is 1.77 bits per heavy atom. The number of rotatable bonds is 2. The Morgan fingerprint density at radius 3 is 2.41 bits per heavy atom. The van der Waals surface area contributed by atoms with Crippen molar-refractivity contribution in [3.05, 3.63) is 59.7 Å². The molecule has 3 rings (SSSR count). The molecule has 1 aliphatic heterocycles. The minimum absolute atomic E-state index is 0.103. The van der Waals surface area contributed by atoms with E-state index < -0.39 is 0 Å². The van der Waals surface area contributed by atoms with E-state index in [0.717, 1.165) is 18.8 Å². The molecule has 0 atom stereocenters. The van der Waals surface area contributed by atoms with Gasteiger partial charge in [-0.3, -0.25) is 9.78 Å². The van der Waals surface area contributed by atoms with Crippen molar-refractivity contribution >= 4 is 11.6 Å². The van der Waals surface area contributed by atoms with Gasteiger partial charge in [0.05, 0.1) is 0 Å². The number of carbonyl (C=O) groups is 1. The fourth-order valence-corrected chi connectivity index (χ4v) is 2.63. The third-order valence-corrected chi connectivity index (χ3v) is 4.01. The summed E-state index contributed by atoms with van der Waals surface area (Å²) in [6.45, 7) is 4.50. The summed E-state index contributed by atoms with van der Waals surface area (Å²) < 4.78 is 13.6. The third-order valence-electron chi connectivity index (χ3n) is 4.01. The van der Waals surface area contributed by atoms with Crippen molar-refractivity contribution in [2.75, 3.05) is 31.1 Å². The molecule has 1 fully saturated rings. The van der Waals surface area contributed by atoms with Crippen LogP contribution in [-0.2, 0) is 0 Å². The fraction of sp³-hybridized carbons (Fsp3) is 0.294. The van der Waals surface area contributed by atoms with Crippen molar-refractivity contribution in [3.63, 3.8) is 0 Å². The number of piperazine rings is 1. The Labute approximate surface area is 129 Å². The normalized spacial score (nSPS) is 15.0. The van der Waals surface area contributed by atoms with Gasteiger partial charge in [0, 0.05) is 49.8 Å². The topological polar surface area (TPSA) is 36.4 Å². The van der Waals surface area contributed by atoms with Gasteiger partial charge in [0.25, 0.3) is 5.91 Å². The van der Waals surface area contributed by atoms with Crippen LogP contribution in [0.2, 0.25) is 0 Å². The van der Waals surface area contributed by atoms with Gasteiger partial charge in [-0.2, -0.15) is 0 Å². The summed E-state index contributed by atoms with van der Waals surface area (Å²) in [6, 6.07) is 8.60. The summed E-state index contributed by atoms with van der Waals surface area (Å²) in [4.78, 5) is 20.5. The molecule has 5 heteroatoms. The zero-order valence-corrected chi connectivity index (χ0v) is 12.5. The van der Waals surface area contributed by atoms with Crippen LogP contribution in [0.15, 0.2) is 42.7 Å². The average Bonchev–Trinajstić information content (AvgIpc) is 2.58. The molecule has 114 valence electrons. The molecule has 0 bridgehead atoms. The number of hydrogen-bond acceptors (Lipinski definition) is 3. The summed E-state index contributed by atoms with van der Waals surface area (Å²) in [5.74, 6) is -0.436. The Bertz CT molecular complexity index is 667. The van der Waals surface area contributed by atoms with E-state index in [1.807, 2.05) is 12.1 Å². The van der Waals surface area contributed by atoms with E-state index in [4.69, 9.17) is 0 Å². The van der Waals surface area contributed by atoms with Crippen molar-refractivity contribution < 1.29 is 9.18 Å². The summed E-state index contributed by atoms with van der Waals surface area (Å²) in [5.41, 5.74) is 2.09. The first-order valence-electron chi connectivity index (χ1n) is 7.35. The molecule has 0 saturated carbocycles. The molecule has 22 heavy (non-hydrogen) atoms. The first-order chi connectivity index (χ1) is 10.6. The molecule has 4 nitrogen and oxygen atoms in total. The largest absolute Gasteiger partial charge is 0.368 e. The van der Waals surface area contributed by atoms with Gasteiger partial charge < -0.3 is 9.80 Å². The maximum Gasteiger partial charge on any atom is 0.254 e. The standard InChI is InChI=1S/C17H18FN3O/c1-13-2-3-14(12-16(13)18)17(22)21-10-8-20(9-11-21)15-4-6-19-7-5-15/h2-7,12H,8-11H2,1H3. The maximum atomic E-state index is 13.6. The highest BCUT2D eigenvalue weighted by Crippen LogP contribution is 2.17. The minimum Gasteiger partial charge on any atom is -0.368 e. The van der Waals surface area contributed by atoms with Crippen LogP contribution in [0.25, 0.3) is 0 Å². The maximum absolute atomic E-state index is 13.6. The molecule has 2 heterocycles. The monoisotopic (exact) mass is 299 g/mol. The quantitative estimate of drug-likeness (QED) is 0.855. The SMILES string of the molecule is Cc1ccc(C(=O)N2CCN(c3ccncc3)CC2)cc1F. The molecular weight excluding hydrogens is 281 g/mol. The highest BCUT2D eigenvalue weighted by molar-refractivity contribution is 5.94. The van der Waals surface area contributed by atoms with Crippen LogP contribution >= 0.6 is 0 Å². The lowest BCUT2D eigenvalue weighted by atomic mass is 10.1. The second-order valence-electron chi connectivity index (χ2n) is 5.45. The van der Waals surface area contributed by atoms with Crippen LogP contribution in [-0.4, -0.2) is 42.0 Å².